The van der Waals surface area contributed by atoms with E-state index >= 15 is 0 Å². The van der Waals surface area contributed by atoms with Crippen LogP contribution in [0.15, 0.2) is 0 Å². The summed E-state index contributed by atoms with van der Waals surface area (Å²) < 4.78 is 0. The minimum absolute atomic E-state index is 0.309. The van der Waals surface area contributed by atoms with Crippen LogP contribution < -0.4 is 5.32 Å². The Morgan fingerprint density at radius 3 is 2.05 bits per heavy atom. The maximum absolute atomic E-state index is 12.4. The van der Waals surface area contributed by atoms with E-state index in [0.717, 1.165) is 25.9 Å². The molecule has 0 aromatic carbocycles. The van der Waals surface area contributed by atoms with E-state index in [1.807, 2.05) is 0 Å². The second kappa shape index (κ2) is 11.1. The van der Waals surface area contributed by atoms with Crippen LogP contribution in [0.3, 0.4) is 0 Å². The summed E-state index contributed by atoms with van der Waals surface area (Å²) in [5.41, 5.74) is 0. The lowest BCUT2D eigenvalue weighted by atomic mass is 10.2. The summed E-state index contributed by atoms with van der Waals surface area (Å²) in [6.07, 6.45) is 12.3. The molecule has 20 heavy (non-hydrogen) atoms. The van der Waals surface area contributed by atoms with Gasteiger partial charge in [0, 0.05) is 19.1 Å². The van der Waals surface area contributed by atoms with Crippen LogP contribution in [0.1, 0.15) is 78.1 Å². The summed E-state index contributed by atoms with van der Waals surface area (Å²) >= 11 is 0. The number of carbonyl (C=O) groups is 1. The molecule has 0 aromatic rings. The number of unbranched alkanes of at least 4 members (excludes halogenated alkanes) is 4. The van der Waals surface area contributed by atoms with E-state index in [1.54, 1.807) is 0 Å². The van der Waals surface area contributed by atoms with Gasteiger partial charge in [0.15, 0.2) is 0 Å². The Hall–Kier alpha value is -0.570. The van der Waals surface area contributed by atoms with Crippen molar-refractivity contribution >= 4 is 5.91 Å². The van der Waals surface area contributed by atoms with Gasteiger partial charge in [-0.25, -0.2) is 0 Å². The van der Waals surface area contributed by atoms with Crippen molar-refractivity contribution < 1.29 is 4.79 Å². The third kappa shape index (κ3) is 7.28. The lowest BCUT2D eigenvalue weighted by Crippen LogP contribution is -2.41. The highest BCUT2D eigenvalue weighted by Gasteiger charge is 2.17. The number of rotatable bonds is 11. The van der Waals surface area contributed by atoms with E-state index < -0.39 is 0 Å². The molecule has 1 N–H and O–H groups in total. The summed E-state index contributed by atoms with van der Waals surface area (Å²) in [4.78, 5) is 14.4. The van der Waals surface area contributed by atoms with Crippen molar-refractivity contribution in [3.8, 4) is 0 Å². The van der Waals surface area contributed by atoms with Gasteiger partial charge in [-0.15, -0.1) is 0 Å². The maximum atomic E-state index is 12.4. The first-order valence-electron chi connectivity index (χ1n) is 8.79. The monoisotopic (exact) mass is 282 g/mol. The predicted octanol–water partition coefficient (Wildman–Crippen LogP) is 3.73. The summed E-state index contributed by atoms with van der Waals surface area (Å²) in [5, 5.41) is 3.45. The fraction of sp³-hybridized carbons (Fsp3) is 0.941. The van der Waals surface area contributed by atoms with Crippen LogP contribution in [-0.2, 0) is 4.79 Å². The normalized spacial score (nSPS) is 15.7. The number of carbonyl (C=O) groups excluding carboxylic acids is 1. The van der Waals surface area contributed by atoms with Gasteiger partial charge in [-0.1, -0.05) is 52.4 Å². The molecule has 1 saturated carbocycles. The van der Waals surface area contributed by atoms with E-state index in [1.165, 1.54) is 51.4 Å². The Balaban J connectivity index is 2.27. The zero-order valence-electron chi connectivity index (χ0n) is 13.6. The lowest BCUT2D eigenvalue weighted by molar-refractivity contribution is -0.130. The van der Waals surface area contributed by atoms with Gasteiger partial charge in [-0.2, -0.15) is 0 Å². The first-order valence-corrected chi connectivity index (χ1v) is 8.79. The van der Waals surface area contributed by atoms with E-state index in [4.69, 9.17) is 0 Å². The number of nitrogens with one attached hydrogen (secondary N) is 1. The predicted molar refractivity (Wildman–Crippen MR) is 85.9 cm³/mol. The average Bonchev–Trinajstić information content (AvgIpc) is 2.97. The van der Waals surface area contributed by atoms with Gasteiger partial charge < -0.3 is 10.2 Å². The van der Waals surface area contributed by atoms with Crippen molar-refractivity contribution in [3.63, 3.8) is 0 Å². The molecule has 1 rings (SSSR count). The molecule has 0 atom stereocenters. The quantitative estimate of drug-likeness (QED) is 0.586. The molecule has 0 unspecified atom stereocenters. The zero-order valence-corrected chi connectivity index (χ0v) is 13.6. The molecule has 0 heterocycles. The Kier molecular flexibility index (Phi) is 9.73. The van der Waals surface area contributed by atoms with Crippen LogP contribution >= 0.6 is 0 Å². The zero-order chi connectivity index (χ0) is 14.6. The number of hydrogen-bond donors (Lipinski definition) is 1. The first kappa shape index (κ1) is 17.5. The maximum Gasteiger partial charge on any atom is 0.236 e. The highest BCUT2D eigenvalue weighted by Crippen LogP contribution is 2.17. The third-order valence-corrected chi connectivity index (χ3v) is 4.31. The van der Waals surface area contributed by atoms with Gasteiger partial charge in [-0.05, 0) is 25.7 Å². The highest BCUT2D eigenvalue weighted by atomic mass is 16.2. The molecular weight excluding hydrogens is 248 g/mol. The molecule has 3 heteroatoms. The number of nitrogens with zero attached hydrogens (tertiary/aromatic N) is 1. The Labute approximate surface area is 125 Å². The van der Waals surface area contributed by atoms with Crippen LogP contribution in [-0.4, -0.2) is 36.5 Å². The Bertz CT molecular complexity index is 239. The van der Waals surface area contributed by atoms with Gasteiger partial charge in [0.2, 0.25) is 5.91 Å². The van der Waals surface area contributed by atoms with Crippen molar-refractivity contribution in [2.75, 3.05) is 19.6 Å². The summed E-state index contributed by atoms with van der Waals surface area (Å²) in [6, 6.07) is 0.590. The lowest BCUT2D eigenvalue weighted by Gasteiger charge is -2.24. The van der Waals surface area contributed by atoms with E-state index in [2.05, 4.69) is 24.1 Å². The molecule has 1 amide bonds. The van der Waals surface area contributed by atoms with Crippen molar-refractivity contribution in [2.45, 2.75) is 84.1 Å². The topological polar surface area (TPSA) is 32.3 Å². The smallest absolute Gasteiger partial charge is 0.236 e. The molecule has 0 aliphatic heterocycles. The molecule has 1 fully saturated rings. The minimum atomic E-state index is 0.309. The molecule has 3 nitrogen and oxygen atoms in total. The Morgan fingerprint density at radius 2 is 1.55 bits per heavy atom. The van der Waals surface area contributed by atoms with Crippen LogP contribution in [0.4, 0.5) is 0 Å². The Morgan fingerprint density at radius 1 is 1.00 bits per heavy atom. The molecule has 118 valence electrons. The molecule has 0 saturated heterocycles. The second-order valence-corrected chi connectivity index (χ2v) is 6.16. The summed E-state index contributed by atoms with van der Waals surface area (Å²) in [5.74, 6) is 0.309. The number of amides is 1. The highest BCUT2D eigenvalue weighted by molar-refractivity contribution is 5.78. The molecule has 0 spiro atoms. The molecular formula is C17H34N2O. The molecule has 1 aliphatic carbocycles. The first-order chi connectivity index (χ1) is 9.77. The SMILES string of the molecule is CCCCCN(CCCCC)C(=O)CNC1CCCC1. The van der Waals surface area contributed by atoms with Crippen LogP contribution in [0.5, 0.6) is 0 Å². The van der Waals surface area contributed by atoms with Crippen molar-refractivity contribution in [2.24, 2.45) is 0 Å². The molecule has 1 aliphatic rings. The van der Waals surface area contributed by atoms with E-state index in [0.29, 0.717) is 18.5 Å². The van der Waals surface area contributed by atoms with E-state index in [-0.39, 0.29) is 0 Å². The largest absolute Gasteiger partial charge is 0.342 e. The van der Waals surface area contributed by atoms with Gasteiger partial charge in [0.25, 0.3) is 0 Å². The molecule has 0 radical (unpaired) electrons. The van der Waals surface area contributed by atoms with Crippen LogP contribution in [0, 0.1) is 0 Å². The van der Waals surface area contributed by atoms with Gasteiger partial charge in [-0.3, -0.25) is 4.79 Å². The summed E-state index contributed by atoms with van der Waals surface area (Å²) in [7, 11) is 0. The number of hydrogen-bond acceptors (Lipinski definition) is 2. The standard InChI is InChI=1S/C17H34N2O/c1-3-5-9-13-19(14-10-6-4-2)17(20)15-18-16-11-7-8-12-16/h16,18H,3-15H2,1-2H3. The van der Waals surface area contributed by atoms with Gasteiger partial charge in [0.1, 0.15) is 0 Å². The fourth-order valence-electron chi connectivity index (χ4n) is 2.94. The van der Waals surface area contributed by atoms with Crippen molar-refractivity contribution in [1.82, 2.24) is 10.2 Å². The van der Waals surface area contributed by atoms with Crippen LogP contribution in [0.25, 0.3) is 0 Å². The third-order valence-electron chi connectivity index (χ3n) is 4.31. The fourth-order valence-corrected chi connectivity index (χ4v) is 2.94. The van der Waals surface area contributed by atoms with E-state index in [9.17, 15) is 4.79 Å². The van der Waals surface area contributed by atoms with Crippen LogP contribution in [0.2, 0.25) is 0 Å². The molecule has 0 aromatic heterocycles. The van der Waals surface area contributed by atoms with Crippen molar-refractivity contribution in [1.29, 1.82) is 0 Å². The molecule has 0 bridgehead atoms. The minimum Gasteiger partial charge on any atom is -0.342 e. The average molecular weight is 282 g/mol. The van der Waals surface area contributed by atoms with Gasteiger partial charge >= 0.3 is 0 Å². The second-order valence-electron chi connectivity index (χ2n) is 6.16. The van der Waals surface area contributed by atoms with Crippen molar-refractivity contribution in [3.05, 3.63) is 0 Å². The van der Waals surface area contributed by atoms with Gasteiger partial charge in [0.05, 0.1) is 6.54 Å². The summed E-state index contributed by atoms with van der Waals surface area (Å²) in [6.45, 7) is 6.87.